The van der Waals surface area contributed by atoms with Crippen molar-refractivity contribution in [2.24, 2.45) is 5.73 Å². The molecule has 8 nitrogen and oxygen atoms in total. The Hall–Kier alpha value is -2.13. The summed E-state index contributed by atoms with van der Waals surface area (Å²) in [5.74, 6) is -0.753. The van der Waals surface area contributed by atoms with Gasteiger partial charge in [0.25, 0.3) is 5.91 Å². The molecule has 0 spiro atoms. The Morgan fingerprint density at radius 3 is 2.42 bits per heavy atom. The van der Waals surface area contributed by atoms with Crippen molar-refractivity contribution in [2.45, 2.75) is 72.1 Å². The van der Waals surface area contributed by atoms with E-state index in [1.165, 1.54) is 11.3 Å². The van der Waals surface area contributed by atoms with Crippen LogP contribution < -0.4 is 10.5 Å². The van der Waals surface area contributed by atoms with Gasteiger partial charge in [0.15, 0.2) is 0 Å². The van der Waals surface area contributed by atoms with Crippen molar-refractivity contribution in [2.75, 3.05) is 25.2 Å². The minimum Gasteiger partial charge on any atom is -0.491 e. The molecule has 1 heterocycles. The molecule has 2 amide bonds. The third kappa shape index (κ3) is 10.1. The predicted molar refractivity (Wildman–Crippen MR) is 130 cm³/mol. The Morgan fingerprint density at radius 1 is 1.18 bits per heavy atom. The molecular weight excluding hydrogens is 492 g/mol. The van der Waals surface area contributed by atoms with Crippen LogP contribution in [0.5, 0.6) is 5.75 Å². The number of benzene rings is 1. The molecule has 9 heteroatoms. The fourth-order valence-corrected chi connectivity index (χ4v) is 3.36. The highest BCUT2D eigenvalue weighted by Gasteiger charge is 2.36. The van der Waals surface area contributed by atoms with Crippen LogP contribution in [0, 0.1) is 0 Å². The molecule has 1 aliphatic heterocycles. The topological polar surface area (TPSA) is 108 Å². The average Bonchev–Trinajstić information content (AvgIpc) is 3.03. The molecular formula is C24H37BrN2O6. The van der Waals surface area contributed by atoms with E-state index in [9.17, 15) is 14.4 Å². The van der Waals surface area contributed by atoms with Gasteiger partial charge in [0.05, 0.1) is 13.2 Å². The van der Waals surface area contributed by atoms with E-state index in [1.54, 1.807) is 39.0 Å². The van der Waals surface area contributed by atoms with Crippen molar-refractivity contribution in [3.63, 3.8) is 0 Å². The maximum atomic E-state index is 12.8. The number of amides is 2. The zero-order valence-electron chi connectivity index (χ0n) is 20.3. The summed E-state index contributed by atoms with van der Waals surface area (Å²) in [6.07, 6.45) is 1.35. The highest BCUT2D eigenvalue weighted by atomic mass is 79.9. The lowest BCUT2D eigenvalue weighted by molar-refractivity contribution is -0.155. The summed E-state index contributed by atoms with van der Waals surface area (Å²) in [5.41, 5.74) is 6.17. The van der Waals surface area contributed by atoms with Gasteiger partial charge >= 0.3 is 5.97 Å². The Bertz CT molecular complexity index is 794. The molecule has 0 radical (unpaired) electrons. The molecule has 0 aliphatic carbocycles. The fourth-order valence-electron chi connectivity index (χ4n) is 3.13. The normalized spacial score (nSPS) is 13.6. The maximum absolute atomic E-state index is 12.8. The molecule has 2 rings (SSSR count). The Balaban J connectivity index is 0.00000172. The standard InChI is InChI=1S/C21H29BrN2O6.C3H8/c1-21(2,3)30-18(25)7-6-17(19(23)26)24-13-14-12-15(4-5-16(14)20(24)27)29-11-10-28-9-8-22;1-3-2/h4-5,12,17H,6-11,13H2,1-3H3,(H2,23,26);3H2,1-2H3. The summed E-state index contributed by atoms with van der Waals surface area (Å²) in [6.45, 7) is 11.2. The lowest BCUT2D eigenvalue weighted by atomic mass is 10.1. The van der Waals surface area contributed by atoms with Crippen molar-refractivity contribution < 1.29 is 28.6 Å². The van der Waals surface area contributed by atoms with Crippen LogP contribution in [0.25, 0.3) is 0 Å². The Labute approximate surface area is 205 Å². The number of halogens is 1. The Morgan fingerprint density at radius 2 is 1.85 bits per heavy atom. The molecule has 1 atom stereocenters. The number of nitrogens with two attached hydrogens (primary N) is 1. The van der Waals surface area contributed by atoms with Crippen molar-refractivity contribution >= 4 is 33.7 Å². The lowest BCUT2D eigenvalue weighted by Crippen LogP contribution is -2.45. The fraction of sp³-hybridized carbons (Fsp3) is 0.625. The van der Waals surface area contributed by atoms with Gasteiger partial charge in [0.1, 0.15) is 24.0 Å². The zero-order valence-corrected chi connectivity index (χ0v) is 21.9. The maximum Gasteiger partial charge on any atom is 0.306 e. The van der Waals surface area contributed by atoms with E-state index in [4.69, 9.17) is 19.9 Å². The second kappa shape index (κ2) is 14.2. The number of alkyl halides is 1. The van der Waals surface area contributed by atoms with Crippen molar-refractivity contribution in [1.29, 1.82) is 0 Å². The molecule has 186 valence electrons. The lowest BCUT2D eigenvalue weighted by Gasteiger charge is -2.25. The van der Waals surface area contributed by atoms with Gasteiger partial charge in [-0.05, 0) is 51.0 Å². The SMILES string of the molecule is CC(C)(C)OC(=O)CCC(C(N)=O)N1Cc2cc(OCCOCCBr)ccc2C1=O.CCC. The van der Waals surface area contributed by atoms with Gasteiger partial charge in [-0.25, -0.2) is 0 Å². The third-order valence-electron chi connectivity index (χ3n) is 4.37. The number of hydrogen-bond acceptors (Lipinski definition) is 6. The van der Waals surface area contributed by atoms with E-state index in [0.717, 1.165) is 10.9 Å². The van der Waals surface area contributed by atoms with Gasteiger partial charge in [-0.15, -0.1) is 0 Å². The molecule has 0 aromatic heterocycles. The van der Waals surface area contributed by atoms with Crippen LogP contribution in [0.4, 0.5) is 0 Å². The summed E-state index contributed by atoms with van der Waals surface area (Å²) in [5, 5.41) is 0.763. The van der Waals surface area contributed by atoms with Crippen LogP contribution in [0.15, 0.2) is 18.2 Å². The van der Waals surface area contributed by atoms with Crippen molar-refractivity contribution in [1.82, 2.24) is 4.90 Å². The second-order valence-corrected chi connectivity index (χ2v) is 9.45. The number of carbonyl (C=O) groups is 3. The van der Waals surface area contributed by atoms with Gasteiger partial charge in [-0.3, -0.25) is 14.4 Å². The first-order chi connectivity index (χ1) is 15.5. The smallest absolute Gasteiger partial charge is 0.306 e. The third-order valence-corrected chi connectivity index (χ3v) is 4.70. The number of rotatable bonds is 11. The summed E-state index contributed by atoms with van der Waals surface area (Å²) < 4.78 is 16.3. The predicted octanol–water partition coefficient (Wildman–Crippen LogP) is 3.82. The van der Waals surface area contributed by atoms with Crippen molar-refractivity contribution in [3.05, 3.63) is 29.3 Å². The van der Waals surface area contributed by atoms with Gasteiger partial charge in [-0.1, -0.05) is 36.2 Å². The van der Waals surface area contributed by atoms with Crippen molar-refractivity contribution in [3.8, 4) is 5.75 Å². The summed E-state index contributed by atoms with van der Waals surface area (Å²) >= 11 is 3.28. The Kier molecular flexibility index (Phi) is 12.4. The first-order valence-electron chi connectivity index (χ1n) is 11.3. The van der Waals surface area contributed by atoms with Crippen LogP contribution in [0.1, 0.15) is 69.8 Å². The molecule has 0 fully saturated rings. The molecule has 0 saturated heterocycles. The van der Waals surface area contributed by atoms with E-state index in [1.807, 2.05) is 0 Å². The first-order valence-corrected chi connectivity index (χ1v) is 12.4. The second-order valence-electron chi connectivity index (χ2n) is 8.65. The largest absolute Gasteiger partial charge is 0.491 e. The minimum atomic E-state index is -0.889. The molecule has 0 bridgehead atoms. The van der Waals surface area contributed by atoms with Crippen LogP contribution >= 0.6 is 15.9 Å². The number of fused-ring (bicyclic) bond motifs is 1. The van der Waals surface area contributed by atoms with Crippen LogP contribution in [0.3, 0.4) is 0 Å². The van der Waals surface area contributed by atoms with E-state index in [-0.39, 0.29) is 25.3 Å². The van der Waals surface area contributed by atoms with Crippen LogP contribution in [-0.4, -0.2) is 59.5 Å². The van der Waals surface area contributed by atoms with Gasteiger partial charge in [-0.2, -0.15) is 0 Å². The van der Waals surface area contributed by atoms with E-state index in [2.05, 4.69) is 29.8 Å². The molecule has 1 unspecified atom stereocenters. The van der Waals surface area contributed by atoms with Gasteiger partial charge in [0, 0.05) is 23.9 Å². The quantitative estimate of drug-likeness (QED) is 0.265. The zero-order chi connectivity index (χ0) is 25.0. The molecule has 2 N–H and O–H groups in total. The summed E-state index contributed by atoms with van der Waals surface area (Å²) in [6, 6.07) is 4.28. The summed E-state index contributed by atoms with van der Waals surface area (Å²) in [7, 11) is 0. The molecule has 0 saturated carbocycles. The molecule has 33 heavy (non-hydrogen) atoms. The van der Waals surface area contributed by atoms with Crippen LogP contribution in [-0.2, 0) is 25.6 Å². The number of nitrogens with zero attached hydrogens (tertiary/aromatic N) is 1. The number of primary amides is 1. The average molecular weight is 529 g/mol. The summed E-state index contributed by atoms with van der Waals surface area (Å²) in [4.78, 5) is 38.2. The molecule has 1 aromatic carbocycles. The molecule has 1 aliphatic rings. The monoisotopic (exact) mass is 528 g/mol. The first kappa shape index (κ1) is 28.9. The number of carbonyl (C=O) groups excluding carboxylic acids is 3. The van der Waals surface area contributed by atoms with E-state index >= 15 is 0 Å². The number of hydrogen-bond donors (Lipinski definition) is 1. The highest BCUT2D eigenvalue weighted by molar-refractivity contribution is 9.09. The van der Waals surface area contributed by atoms with Crippen LogP contribution in [0.2, 0.25) is 0 Å². The highest BCUT2D eigenvalue weighted by Crippen LogP contribution is 2.29. The minimum absolute atomic E-state index is 0.00619. The number of esters is 1. The number of ether oxygens (including phenoxy) is 3. The van der Waals surface area contributed by atoms with Gasteiger partial charge < -0.3 is 24.8 Å². The van der Waals surface area contributed by atoms with Gasteiger partial charge in [0.2, 0.25) is 5.91 Å². The van der Waals surface area contributed by atoms with E-state index < -0.39 is 23.5 Å². The molecule has 1 aromatic rings. The van der Waals surface area contributed by atoms with E-state index in [0.29, 0.717) is 31.1 Å².